The van der Waals surface area contributed by atoms with Gasteiger partial charge in [0.15, 0.2) is 16.7 Å². The molecule has 3 aromatic heterocycles. The lowest BCUT2D eigenvalue weighted by molar-refractivity contribution is 0.489. The average molecular weight is 354 g/mol. The fourth-order valence-electron chi connectivity index (χ4n) is 2.08. The van der Waals surface area contributed by atoms with Gasteiger partial charge in [-0.25, -0.2) is 0 Å². The molecule has 0 atom stereocenters. The zero-order valence-corrected chi connectivity index (χ0v) is 14.7. The van der Waals surface area contributed by atoms with E-state index in [-0.39, 0.29) is 0 Å². The van der Waals surface area contributed by atoms with Crippen LogP contribution in [0.4, 0.5) is 0 Å². The lowest BCUT2D eigenvalue weighted by Gasteiger charge is -2.11. The lowest BCUT2D eigenvalue weighted by Crippen LogP contribution is -2.07. The lowest BCUT2D eigenvalue weighted by atomic mass is 10.2. The van der Waals surface area contributed by atoms with Gasteiger partial charge in [-0.1, -0.05) is 37.2 Å². The number of nitrogens with zero attached hydrogens (tertiary/aromatic N) is 3. The Kier molecular flexibility index (Phi) is 4.90. The van der Waals surface area contributed by atoms with Gasteiger partial charge in [0.25, 0.3) is 0 Å². The quantitative estimate of drug-likeness (QED) is 0.571. The molecule has 7 heteroatoms. The van der Waals surface area contributed by atoms with E-state index in [0.29, 0.717) is 5.92 Å². The molecule has 3 aromatic rings. The van der Waals surface area contributed by atoms with Gasteiger partial charge in [-0.15, -0.1) is 21.5 Å². The minimum Gasteiger partial charge on any atom is -0.461 e. The number of aromatic nitrogens is 3. The summed E-state index contributed by atoms with van der Waals surface area (Å²) in [4.78, 5) is 1.23. The Hall–Kier alpha value is -1.24. The van der Waals surface area contributed by atoms with Gasteiger partial charge in [0.1, 0.15) is 0 Å². The van der Waals surface area contributed by atoms with Gasteiger partial charge in [0, 0.05) is 17.2 Å². The second kappa shape index (κ2) is 6.89. The van der Waals surface area contributed by atoms with Crippen molar-refractivity contribution in [2.45, 2.75) is 31.3 Å². The summed E-state index contributed by atoms with van der Waals surface area (Å²) in [6.07, 6.45) is 1.66. The molecule has 0 N–H and O–H groups in total. The molecule has 0 amide bonds. The van der Waals surface area contributed by atoms with Crippen molar-refractivity contribution in [3.05, 3.63) is 39.7 Å². The van der Waals surface area contributed by atoms with E-state index in [1.807, 2.05) is 18.2 Å². The molecule has 0 bridgehead atoms. The van der Waals surface area contributed by atoms with Crippen LogP contribution in [0.3, 0.4) is 0 Å². The van der Waals surface area contributed by atoms with E-state index in [1.54, 1.807) is 29.4 Å². The van der Waals surface area contributed by atoms with Crippen LogP contribution in [0.15, 0.2) is 40.1 Å². The highest BCUT2D eigenvalue weighted by molar-refractivity contribution is 7.98. The van der Waals surface area contributed by atoms with Crippen LogP contribution in [0.25, 0.3) is 11.6 Å². The summed E-state index contributed by atoms with van der Waals surface area (Å²) in [5.41, 5.74) is 0. The zero-order valence-electron chi connectivity index (χ0n) is 12.3. The molecule has 0 saturated heterocycles. The van der Waals surface area contributed by atoms with E-state index in [2.05, 4.69) is 34.7 Å². The van der Waals surface area contributed by atoms with Crippen molar-refractivity contribution >= 4 is 34.7 Å². The molecular weight excluding hydrogens is 338 g/mol. The molecule has 116 valence electrons. The number of thioether (sulfide) groups is 1. The summed E-state index contributed by atoms with van der Waals surface area (Å²) < 4.78 is 8.42. The molecule has 0 aliphatic carbocycles. The highest BCUT2D eigenvalue weighted by Crippen LogP contribution is 2.30. The SMILES string of the molecule is CC(C)Cn1c(SCc2ccc(Cl)s2)nnc1-c1ccco1. The Morgan fingerprint density at radius 3 is 2.82 bits per heavy atom. The van der Waals surface area contributed by atoms with Gasteiger partial charge in [0.05, 0.1) is 10.6 Å². The Bertz CT molecular complexity index is 734. The predicted molar refractivity (Wildman–Crippen MR) is 91.5 cm³/mol. The van der Waals surface area contributed by atoms with Gasteiger partial charge in [0.2, 0.25) is 0 Å². The number of rotatable bonds is 6. The summed E-state index contributed by atoms with van der Waals surface area (Å²) in [7, 11) is 0. The Labute approximate surface area is 142 Å². The molecule has 0 radical (unpaired) electrons. The van der Waals surface area contributed by atoms with Crippen molar-refractivity contribution < 1.29 is 4.42 Å². The summed E-state index contributed by atoms with van der Waals surface area (Å²) in [6, 6.07) is 7.75. The standard InChI is InChI=1S/C15H16ClN3OS2/c1-10(2)8-19-14(12-4-3-7-20-12)17-18-15(19)21-9-11-5-6-13(16)22-11/h3-7,10H,8-9H2,1-2H3. The smallest absolute Gasteiger partial charge is 0.200 e. The first-order chi connectivity index (χ1) is 10.6. The summed E-state index contributed by atoms with van der Waals surface area (Å²) in [6.45, 7) is 5.22. The first-order valence-corrected chi connectivity index (χ1v) is 9.15. The second-order valence-electron chi connectivity index (χ2n) is 5.28. The van der Waals surface area contributed by atoms with Gasteiger partial charge >= 0.3 is 0 Å². The Morgan fingerprint density at radius 1 is 1.32 bits per heavy atom. The van der Waals surface area contributed by atoms with Crippen molar-refractivity contribution in [3.63, 3.8) is 0 Å². The molecule has 3 rings (SSSR count). The highest BCUT2D eigenvalue weighted by Gasteiger charge is 2.17. The van der Waals surface area contributed by atoms with Crippen molar-refractivity contribution in [2.24, 2.45) is 5.92 Å². The first-order valence-electron chi connectivity index (χ1n) is 6.97. The van der Waals surface area contributed by atoms with E-state index in [1.165, 1.54) is 4.88 Å². The van der Waals surface area contributed by atoms with Crippen LogP contribution >= 0.6 is 34.7 Å². The molecule has 0 aliphatic rings. The van der Waals surface area contributed by atoms with Crippen LogP contribution in [0, 0.1) is 5.92 Å². The average Bonchev–Trinajstić information content (AvgIpc) is 3.17. The fourth-order valence-corrected chi connectivity index (χ4v) is 4.16. The Balaban J connectivity index is 1.83. The molecule has 3 heterocycles. The summed E-state index contributed by atoms with van der Waals surface area (Å²) in [5, 5.41) is 9.55. The maximum Gasteiger partial charge on any atom is 0.200 e. The van der Waals surface area contributed by atoms with Crippen LogP contribution in [0.1, 0.15) is 18.7 Å². The maximum atomic E-state index is 5.98. The van der Waals surface area contributed by atoms with Crippen LogP contribution in [-0.2, 0) is 12.3 Å². The monoisotopic (exact) mass is 353 g/mol. The molecule has 0 fully saturated rings. The van der Waals surface area contributed by atoms with Gasteiger partial charge < -0.3 is 4.42 Å². The van der Waals surface area contributed by atoms with Crippen molar-refractivity contribution in [2.75, 3.05) is 0 Å². The Morgan fingerprint density at radius 2 is 2.18 bits per heavy atom. The van der Waals surface area contributed by atoms with Crippen molar-refractivity contribution in [1.29, 1.82) is 0 Å². The third-order valence-electron chi connectivity index (χ3n) is 2.98. The summed E-state index contributed by atoms with van der Waals surface area (Å²) in [5.74, 6) is 2.87. The molecular formula is C15H16ClN3OS2. The van der Waals surface area contributed by atoms with Crippen LogP contribution < -0.4 is 0 Å². The third-order valence-corrected chi connectivity index (χ3v) is 5.41. The number of hydrogen-bond donors (Lipinski definition) is 0. The van der Waals surface area contributed by atoms with E-state index >= 15 is 0 Å². The number of halogens is 1. The van der Waals surface area contributed by atoms with E-state index in [9.17, 15) is 0 Å². The topological polar surface area (TPSA) is 43.9 Å². The van der Waals surface area contributed by atoms with E-state index in [4.69, 9.17) is 16.0 Å². The normalized spacial score (nSPS) is 11.5. The molecule has 0 aromatic carbocycles. The first kappa shape index (κ1) is 15.6. The second-order valence-corrected chi connectivity index (χ2v) is 8.02. The van der Waals surface area contributed by atoms with Gasteiger partial charge in [-0.05, 0) is 30.2 Å². The molecule has 0 saturated carbocycles. The zero-order chi connectivity index (χ0) is 15.5. The fraction of sp³-hybridized carbons (Fsp3) is 0.333. The van der Waals surface area contributed by atoms with E-state index in [0.717, 1.165) is 33.4 Å². The molecule has 4 nitrogen and oxygen atoms in total. The molecule has 22 heavy (non-hydrogen) atoms. The van der Waals surface area contributed by atoms with Gasteiger partial charge in [-0.2, -0.15) is 0 Å². The maximum absolute atomic E-state index is 5.98. The van der Waals surface area contributed by atoms with Crippen molar-refractivity contribution in [1.82, 2.24) is 14.8 Å². The van der Waals surface area contributed by atoms with Crippen molar-refractivity contribution in [3.8, 4) is 11.6 Å². The highest BCUT2D eigenvalue weighted by atomic mass is 35.5. The molecule has 0 unspecified atom stereocenters. The largest absolute Gasteiger partial charge is 0.461 e. The van der Waals surface area contributed by atoms with E-state index < -0.39 is 0 Å². The molecule has 0 spiro atoms. The number of hydrogen-bond acceptors (Lipinski definition) is 5. The minimum atomic E-state index is 0.500. The molecule has 0 aliphatic heterocycles. The predicted octanol–water partition coefficient (Wildman–Crippen LogP) is 5.20. The van der Waals surface area contributed by atoms with Gasteiger partial charge in [-0.3, -0.25) is 4.57 Å². The third kappa shape index (κ3) is 3.56. The van der Waals surface area contributed by atoms with Crippen LogP contribution in [-0.4, -0.2) is 14.8 Å². The minimum absolute atomic E-state index is 0.500. The van der Waals surface area contributed by atoms with Crippen LogP contribution in [0.2, 0.25) is 4.34 Å². The van der Waals surface area contributed by atoms with Crippen LogP contribution in [0.5, 0.6) is 0 Å². The number of furan rings is 1. The number of thiophene rings is 1. The summed E-state index contributed by atoms with van der Waals surface area (Å²) >= 11 is 9.25.